The fourth-order valence-electron chi connectivity index (χ4n) is 1.72. The third-order valence-corrected chi connectivity index (χ3v) is 3.22. The Morgan fingerprint density at radius 2 is 2.25 bits per heavy atom. The average Bonchev–Trinajstić information content (AvgIpc) is 2.87. The molecule has 2 rings (SSSR count). The topological polar surface area (TPSA) is 64.4 Å². The van der Waals surface area contributed by atoms with E-state index >= 15 is 0 Å². The number of ether oxygens (including phenoxy) is 1. The molecule has 0 saturated carbocycles. The van der Waals surface area contributed by atoms with Crippen LogP contribution in [-0.4, -0.2) is 17.7 Å². The summed E-state index contributed by atoms with van der Waals surface area (Å²) in [7, 11) is 0. The number of hydrogen-bond acceptors (Lipinski definition) is 4. The molecule has 0 bridgehead atoms. The van der Waals surface area contributed by atoms with E-state index in [2.05, 4.69) is 26.4 Å². The lowest BCUT2D eigenvalue weighted by molar-refractivity contribution is 0.0988. The van der Waals surface area contributed by atoms with Crippen LogP contribution in [0, 0.1) is 6.92 Å². The van der Waals surface area contributed by atoms with Crippen molar-refractivity contribution in [2.45, 2.75) is 19.2 Å². The molecule has 0 aliphatic heterocycles. The zero-order valence-corrected chi connectivity index (χ0v) is 12.9. The third-order valence-electron chi connectivity index (χ3n) is 2.61. The lowest BCUT2D eigenvalue weighted by Gasteiger charge is -2.10. The SMILES string of the molecule is CCOc1ccc(NC(=O)c2cc(C)no2)cc1CBr. The molecule has 0 unspecified atom stereocenters. The van der Waals surface area contributed by atoms with Crippen LogP contribution in [0.2, 0.25) is 0 Å². The van der Waals surface area contributed by atoms with Crippen molar-refractivity contribution in [2.75, 3.05) is 11.9 Å². The second kappa shape index (κ2) is 6.56. The van der Waals surface area contributed by atoms with Crippen molar-refractivity contribution in [1.29, 1.82) is 0 Å². The summed E-state index contributed by atoms with van der Waals surface area (Å²) in [4.78, 5) is 11.9. The van der Waals surface area contributed by atoms with Gasteiger partial charge in [0.05, 0.1) is 12.3 Å². The van der Waals surface area contributed by atoms with Gasteiger partial charge in [-0.2, -0.15) is 0 Å². The molecule has 0 fully saturated rings. The van der Waals surface area contributed by atoms with Gasteiger partial charge in [-0.1, -0.05) is 21.1 Å². The zero-order valence-electron chi connectivity index (χ0n) is 11.3. The Morgan fingerprint density at radius 3 is 2.85 bits per heavy atom. The first-order valence-corrected chi connectivity index (χ1v) is 7.32. The van der Waals surface area contributed by atoms with Crippen molar-refractivity contribution in [3.63, 3.8) is 0 Å². The van der Waals surface area contributed by atoms with Crippen LogP contribution >= 0.6 is 15.9 Å². The second-order valence-corrected chi connectivity index (χ2v) is 4.74. The van der Waals surface area contributed by atoms with E-state index in [0.717, 1.165) is 11.3 Å². The maximum Gasteiger partial charge on any atom is 0.294 e. The first kappa shape index (κ1) is 14.6. The van der Waals surface area contributed by atoms with Crippen molar-refractivity contribution in [3.8, 4) is 5.75 Å². The molecule has 106 valence electrons. The molecule has 0 radical (unpaired) electrons. The first-order chi connectivity index (χ1) is 9.63. The number of nitrogens with one attached hydrogen (secondary N) is 1. The van der Waals surface area contributed by atoms with Crippen LogP contribution in [0.1, 0.15) is 28.7 Å². The highest BCUT2D eigenvalue weighted by molar-refractivity contribution is 9.08. The number of carbonyl (C=O) groups is 1. The molecule has 0 spiro atoms. The quantitative estimate of drug-likeness (QED) is 0.847. The highest BCUT2D eigenvalue weighted by Gasteiger charge is 2.12. The number of amides is 1. The van der Waals surface area contributed by atoms with Crippen LogP contribution in [0.15, 0.2) is 28.8 Å². The van der Waals surface area contributed by atoms with E-state index in [0.29, 0.717) is 23.3 Å². The van der Waals surface area contributed by atoms with Gasteiger partial charge in [-0.15, -0.1) is 0 Å². The number of aromatic nitrogens is 1. The van der Waals surface area contributed by atoms with Crippen LogP contribution in [0.3, 0.4) is 0 Å². The molecule has 0 saturated heterocycles. The minimum absolute atomic E-state index is 0.191. The predicted molar refractivity (Wildman–Crippen MR) is 79.4 cm³/mol. The van der Waals surface area contributed by atoms with E-state index in [1.54, 1.807) is 19.1 Å². The molecule has 2 aromatic rings. The number of benzene rings is 1. The number of halogens is 1. The van der Waals surface area contributed by atoms with E-state index in [-0.39, 0.29) is 11.7 Å². The van der Waals surface area contributed by atoms with E-state index < -0.39 is 0 Å². The van der Waals surface area contributed by atoms with Gasteiger partial charge < -0.3 is 14.6 Å². The van der Waals surface area contributed by atoms with Crippen LogP contribution < -0.4 is 10.1 Å². The molecule has 1 amide bonds. The summed E-state index contributed by atoms with van der Waals surface area (Å²) in [6, 6.07) is 7.08. The molecule has 1 heterocycles. The monoisotopic (exact) mass is 338 g/mol. The zero-order chi connectivity index (χ0) is 14.5. The van der Waals surface area contributed by atoms with Gasteiger partial charge in [0.2, 0.25) is 5.76 Å². The molecular formula is C14H15BrN2O3. The summed E-state index contributed by atoms with van der Waals surface area (Å²) in [5, 5.41) is 7.10. The van der Waals surface area contributed by atoms with Crippen LogP contribution in [0.4, 0.5) is 5.69 Å². The number of rotatable bonds is 5. The largest absolute Gasteiger partial charge is 0.494 e. The summed E-state index contributed by atoms with van der Waals surface area (Å²) in [6.45, 7) is 4.29. The van der Waals surface area contributed by atoms with Crippen LogP contribution in [0.5, 0.6) is 5.75 Å². The Labute approximate surface area is 125 Å². The van der Waals surface area contributed by atoms with Crippen molar-refractivity contribution in [1.82, 2.24) is 5.16 Å². The second-order valence-electron chi connectivity index (χ2n) is 4.18. The average molecular weight is 339 g/mol. The van der Waals surface area contributed by atoms with E-state index in [1.807, 2.05) is 19.1 Å². The summed E-state index contributed by atoms with van der Waals surface area (Å²) < 4.78 is 10.4. The van der Waals surface area contributed by atoms with Gasteiger partial charge in [0, 0.05) is 22.6 Å². The molecule has 0 atom stereocenters. The Bertz CT molecular complexity index is 610. The normalized spacial score (nSPS) is 10.3. The molecule has 1 aromatic carbocycles. The number of nitrogens with zero attached hydrogens (tertiary/aromatic N) is 1. The number of aryl methyl sites for hydroxylation is 1. The van der Waals surface area contributed by atoms with Gasteiger partial charge in [0.15, 0.2) is 0 Å². The van der Waals surface area contributed by atoms with Crippen LogP contribution in [-0.2, 0) is 5.33 Å². The highest BCUT2D eigenvalue weighted by atomic mass is 79.9. The lowest BCUT2D eigenvalue weighted by Crippen LogP contribution is -2.11. The first-order valence-electron chi connectivity index (χ1n) is 6.20. The van der Waals surface area contributed by atoms with Gasteiger partial charge in [-0.3, -0.25) is 4.79 Å². The summed E-state index contributed by atoms with van der Waals surface area (Å²) >= 11 is 3.41. The van der Waals surface area contributed by atoms with Gasteiger partial charge in [-0.25, -0.2) is 0 Å². The number of carbonyl (C=O) groups excluding carboxylic acids is 1. The van der Waals surface area contributed by atoms with E-state index in [1.165, 1.54) is 0 Å². The van der Waals surface area contributed by atoms with Crippen molar-refractivity contribution < 1.29 is 14.1 Å². The van der Waals surface area contributed by atoms with Crippen molar-refractivity contribution >= 4 is 27.5 Å². The molecule has 1 aromatic heterocycles. The summed E-state index contributed by atoms with van der Waals surface area (Å²) in [5.74, 6) is 0.671. The maximum absolute atomic E-state index is 11.9. The molecule has 1 N–H and O–H groups in total. The maximum atomic E-state index is 11.9. The minimum atomic E-state index is -0.324. The molecular weight excluding hydrogens is 324 g/mol. The Hall–Kier alpha value is -1.82. The van der Waals surface area contributed by atoms with Gasteiger partial charge >= 0.3 is 0 Å². The van der Waals surface area contributed by atoms with Crippen molar-refractivity contribution in [2.24, 2.45) is 0 Å². The van der Waals surface area contributed by atoms with Gasteiger partial charge in [0.25, 0.3) is 5.91 Å². The predicted octanol–water partition coefficient (Wildman–Crippen LogP) is 3.53. The van der Waals surface area contributed by atoms with Crippen molar-refractivity contribution in [3.05, 3.63) is 41.3 Å². The smallest absolute Gasteiger partial charge is 0.294 e. The Kier molecular flexibility index (Phi) is 4.79. The molecule has 6 heteroatoms. The van der Waals surface area contributed by atoms with E-state index in [9.17, 15) is 4.79 Å². The number of anilines is 1. The molecule has 5 nitrogen and oxygen atoms in total. The highest BCUT2D eigenvalue weighted by Crippen LogP contribution is 2.25. The van der Waals surface area contributed by atoms with E-state index in [4.69, 9.17) is 9.26 Å². The fraction of sp³-hybridized carbons (Fsp3) is 0.286. The third kappa shape index (κ3) is 3.39. The fourth-order valence-corrected chi connectivity index (χ4v) is 2.16. The summed E-state index contributed by atoms with van der Waals surface area (Å²) in [5.41, 5.74) is 2.32. The molecule has 20 heavy (non-hydrogen) atoms. The molecule has 0 aliphatic carbocycles. The number of hydrogen-bond donors (Lipinski definition) is 1. The standard InChI is InChI=1S/C14H15BrN2O3/c1-3-19-12-5-4-11(7-10(12)8-15)16-14(18)13-6-9(2)17-20-13/h4-7H,3,8H2,1-2H3,(H,16,18). The van der Waals surface area contributed by atoms with Gasteiger partial charge in [-0.05, 0) is 32.0 Å². The summed E-state index contributed by atoms with van der Waals surface area (Å²) in [6.07, 6.45) is 0. The number of alkyl halides is 1. The van der Waals surface area contributed by atoms with Crippen LogP contribution in [0.25, 0.3) is 0 Å². The Balaban J connectivity index is 2.15. The minimum Gasteiger partial charge on any atom is -0.494 e. The Morgan fingerprint density at radius 1 is 1.45 bits per heavy atom. The van der Waals surface area contributed by atoms with Gasteiger partial charge in [0.1, 0.15) is 5.75 Å². The molecule has 0 aliphatic rings. The lowest BCUT2D eigenvalue weighted by atomic mass is 10.2.